The number of amidine groups is 1. The second-order valence-corrected chi connectivity index (χ2v) is 4.34. The summed E-state index contributed by atoms with van der Waals surface area (Å²) in [6.07, 6.45) is -4.72. The van der Waals surface area contributed by atoms with Gasteiger partial charge in [-0.05, 0) is 24.6 Å². The number of halogens is 3. The monoisotopic (exact) mass is 315 g/mol. The lowest BCUT2D eigenvalue weighted by Crippen LogP contribution is -2.14. The minimum Gasteiger partial charge on any atom is -0.398 e. The lowest BCUT2D eigenvalue weighted by Gasteiger charge is -2.09. The van der Waals surface area contributed by atoms with E-state index in [4.69, 9.17) is 11.5 Å². The van der Waals surface area contributed by atoms with Crippen LogP contribution in [0.15, 0.2) is 21.8 Å². The third-order valence-electron chi connectivity index (χ3n) is 2.74. The molecule has 0 saturated heterocycles. The van der Waals surface area contributed by atoms with Gasteiger partial charge >= 0.3 is 12.1 Å². The summed E-state index contributed by atoms with van der Waals surface area (Å²) in [6.45, 7) is 1.62. The van der Waals surface area contributed by atoms with Gasteiger partial charge in [-0.25, -0.2) is 0 Å². The average molecular weight is 315 g/mol. The van der Waals surface area contributed by atoms with Gasteiger partial charge in [-0.1, -0.05) is 10.3 Å². The summed E-state index contributed by atoms with van der Waals surface area (Å²) < 4.78 is 41.7. The van der Waals surface area contributed by atoms with Crippen molar-refractivity contribution in [3.63, 3.8) is 0 Å². The summed E-state index contributed by atoms with van der Waals surface area (Å²) in [6, 6.07) is 3.01. The van der Waals surface area contributed by atoms with Crippen LogP contribution in [0.2, 0.25) is 0 Å². The van der Waals surface area contributed by atoms with Gasteiger partial charge in [0.1, 0.15) is 7.11 Å². The second kappa shape index (κ2) is 5.54. The standard InChI is InChI=1S/C12H12F3N5O2/c1-5-3-6(9(17)19-21-2)4-7(16)8(5)10-18-11(22-20-10)12(13,14)15/h3-4H,16H2,1-2H3,(H2,17,19). The summed E-state index contributed by atoms with van der Waals surface area (Å²) >= 11 is 0. The van der Waals surface area contributed by atoms with E-state index >= 15 is 0 Å². The highest BCUT2D eigenvalue weighted by Gasteiger charge is 2.38. The first-order valence-electron chi connectivity index (χ1n) is 5.92. The summed E-state index contributed by atoms with van der Waals surface area (Å²) in [5.74, 6) is -1.62. The number of oxime groups is 1. The van der Waals surface area contributed by atoms with Crippen LogP contribution in [0.25, 0.3) is 11.4 Å². The molecule has 0 atom stereocenters. The van der Waals surface area contributed by atoms with Crippen molar-refractivity contribution >= 4 is 11.5 Å². The van der Waals surface area contributed by atoms with Crippen molar-refractivity contribution in [3.8, 4) is 11.4 Å². The molecule has 22 heavy (non-hydrogen) atoms. The zero-order valence-electron chi connectivity index (χ0n) is 11.6. The molecular weight excluding hydrogens is 303 g/mol. The second-order valence-electron chi connectivity index (χ2n) is 4.34. The SMILES string of the molecule is CO/N=C(/N)c1cc(C)c(-c2noc(C(F)(F)F)n2)c(N)c1. The Labute approximate surface area is 122 Å². The molecule has 0 aliphatic heterocycles. The van der Waals surface area contributed by atoms with E-state index in [1.54, 1.807) is 13.0 Å². The lowest BCUT2D eigenvalue weighted by atomic mass is 10.0. The van der Waals surface area contributed by atoms with Crippen molar-refractivity contribution < 1.29 is 22.5 Å². The van der Waals surface area contributed by atoms with Crippen LogP contribution < -0.4 is 11.5 Å². The molecule has 0 saturated carbocycles. The van der Waals surface area contributed by atoms with E-state index in [0.717, 1.165) is 0 Å². The van der Waals surface area contributed by atoms with E-state index in [9.17, 15) is 13.2 Å². The number of anilines is 1. The van der Waals surface area contributed by atoms with Gasteiger partial charge in [-0.3, -0.25) is 0 Å². The zero-order chi connectivity index (χ0) is 16.5. The fourth-order valence-corrected chi connectivity index (χ4v) is 1.86. The zero-order valence-corrected chi connectivity index (χ0v) is 11.6. The van der Waals surface area contributed by atoms with Gasteiger partial charge in [0.2, 0.25) is 5.82 Å². The highest BCUT2D eigenvalue weighted by Crippen LogP contribution is 2.33. The molecule has 118 valence electrons. The molecule has 7 nitrogen and oxygen atoms in total. The maximum absolute atomic E-state index is 12.5. The first-order chi connectivity index (χ1) is 10.2. The highest BCUT2D eigenvalue weighted by atomic mass is 19.4. The normalized spacial score (nSPS) is 12.5. The fraction of sp³-hybridized carbons (Fsp3) is 0.250. The van der Waals surface area contributed by atoms with Gasteiger partial charge in [0.15, 0.2) is 5.84 Å². The maximum Gasteiger partial charge on any atom is 0.471 e. The van der Waals surface area contributed by atoms with Crippen LogP contribution in [0.4, 0.5) is 18.9 Å². The van der Waals surface area contributed by atoms with Crippen LogP contribution in [0.1, 0.15) is 17.0 Å². The summed E-state index contributed by atoms with van der Waals surface area (Å²) in [4.78, 5) is 7.87. The highest BCUT2D eigenvalue weighted by molar-refractivity contribution is 5.99. The molecule has 0 bridgehead atoms. The molecule has 2 rings (SSSR count). The predicted molar refractivity (Wildman–Crippen MR) is 71.6 cm³/mol. The minimum absolute atomic E-state index is 0.0768. The number of hydrogen-bond donors (Lipinski definition) is 2. The van der Waals surface area contributed by atoms with E-state index in [0.29, 0.717) is 11.1 Å². The van der Waals surface area contributed by atoms with Gasteiger partial charge in [-0.2, -0.15) is 18.2 Å². The molecule has 0 amide bonds. The van der Waals surface area contributed by atoms with Gasteiger partial charge in [0.05, 0.1) is 0 Å². The number of aryl methyl sites for hydroxylation is 1. The molecule has 0 fully saturated rings. The van der Waals surface area contributed by atoms with Crippen molar-refractivity contribution in [2.45, 2.75) is 13.1 Å². The molecule has 2 aromatic rings. The van der Waals surface area contributed by atoms with Crippen molar-refractivity contribution in [1.82, 2.24) is 10.1 Å². The smallest absolute Gasteiger partial charge is 0.398 e. The first-order valence-corrected chi connectivity index (χ1v) is 5.92. The number of alkyl halides is 3. The molecule has 4 N–H and O–H groups in total. The molecule has 1 aromatic carbocycles. The Morgan fingerprint density at radius 2 is 2.05 bits per heavy atom. The Morgan fingerprint density at radius 1 is 1.36 bits per heavy atom. The van der Waals surface area contributed by atoms with E-state index < -0.39 is 12.1 Å². The number of nitrogens with zero attached hydrogens (tertiary/aromatic N) is 3. The van der Waals surface area contributed by atoms with Crippen LogP contribution in [-0.4, -0.2) is 23.1 Å². The molecule has 0 spiro atoms. The number of aromatic nitrogens is 2. The summed E-state index contributed by atoms with van der Waals surface area (Å²) in [7, 11) is 1.33. The van der Waals surface area contributed by atoms with E-state index in [-0.39, 0.29) is 22.9 Å². The van der Waals surface area contributed by atoms with Crippen LogP contribution in [0.5, 0.6) is 0 Å². The number of nitrogen functional groups attached to an aromatic ring is 1. The Morgan fingerprint density at radius 3 is 2.55 bits per heavy atom. The summed E-state index contributed by atoms with van der Waals surface area (Å²) in [5.41, 5.74) is 12.9. The Kier molecular flexibility index (Phi) is 3.93. The fourth-order valence-electron chi connectivity index (χ4n) is 1.86. The van der Waals surface area contributed by atoms with Crippen LogP contribution in [-0.2, 0) is 11.0 Å². The molecular formula is C12H12F3N5O2. The van der Waals surface area contributed by atoms with Crippen molar-refractivity contribution in [2.75, 3.05) is 12.8 Å². The molecule has 1 heterocycles. The molecule has 1 aromatic heterocycles. The minimum atomic E-state index is -4.72. The summed E-state index contributed by atoms with van der Waals surface area (Å²) in [5, 5.41) is 6.87. The van der Waals surface area contributed by atoms with E-state index in [1.165, 1.54) is 13.2 Å². The Balaban J connectivity index is 2.49. The topological polar surface area (TPSA) is 113 Å². The Hall–Kier alpha value is -2.78. The van der Waals surface area contributed by atoms with Crippen LogP contribution in [0, 0.1) is 6.92 Å². The van der Waals surface area contributed by atoms with Crippen molar-refractivity contribution in [2.24, 2.45) is 10.9 Å². The largest absolute Gasteiger partial charge is 0.471 e. The number of rotatable bonds is 3. The number of hydrogen-bond acceptors (Lipinski definition) is 6. The predicted octanol–water partition coefficient (Wildman–Crippen LogP) is 1.91. The lowest BCUT2D eigenvalue weighted by molar-refractivity contribution is -0.159. The number of benzene rings is 1. The number of nitrogens with two attached hydrogens (primary N) is 2. The third-order valence-corrected chi connectivity index (χ3v) is 2.74. The molecule has 0 radical (unpaired) electrons. The third kappa shape index (κ3) is 2.95. The maximum atomic E-state index is 12.5. The van der Waals surface area contributed by atoms with E-state index in [2.05, 4.69) is 24.7 Å². The first kappa shape index (κ1) is 15.6. The van der Waals surface area contributed by atoms with Gasteiger partial charge in [0.25, 0.3) is 0 Å². The average Bonchev–Trinajstić information content (AvgIpc) is 2.87. The van der Waals surface area contributed by atoms with Crippen molar-refractivity contribution in [1.29, 1.82) is 0 Å². The van der Waals surface area contributed by atoms with Crippen molar-refractivity contribution in [3.05, 3.63) is 29.2 Å². The van der Waals surface area contributed by atoms with Gasteiger partial charge in [-0.15, -0.1) is 0 Å². The molecule has 10 heteroatoms. The van der Waals surface area contributed by atoms with Gasteiger partial charge in [0, 0.05) is 16.8 Å². The van der Waals surface area contributed by atoms with Crippen LogP contribution in [0.3, 0.4) is 0 Å². The van der Waals surface area contributed by atoms with E-state index in [1.807, 2.05) is 0 Å². The Bertz CT molecular complexity index is 701. The van der Waals surface area contributed by atoms with Crippen LogP contribution >= 0.6 is 0 Å². The molecule has 0 aliphatic rings. The molecule has 0 unspecified atom stereocenters. The molecule has 0 aliphatic carbocycles. The quantitative estimate of drug-likeness (QED) is 0.387. The van der Waals surface area contributed by atoms with Gasteiger partial charge < -0.3 is 20.8 Å².